The Morgan fingerprint density at radius 3 is 2.68 bits per heavy atom. The Kier molecular flexibility index (Phi) is 3.88. The first-order valence-electron chi connectivity index (χ1n) is 9.52. The second kappa shape index (κ2) is 5.59. The van der Waals surface area contributed by atoms with Crippen LogP contribution in [-0.2, 0) is 9.59 Å². The van der Waals surface area contributed by atoms with E-state index in [0.717, 1.165) is 0 Å². The molecule has 0 unspecified atom stereocenters. The van der Waals surface area contributed by atoms with E-state index in [1.165, 1.54) is 18.2 Å². The van der Waals surface area contributed by atoms with Gasteiger partial charge in [0.2, 0.25) is 0 Å². The summed E-state index contributed by atoms with van der Waals surface area (Å²) >= 11 is 0. The SMILES string of the molecule is C=C1C[C@H]2[C@@H]3C=CC4=CC(=O)C=C[C@]4(C)[C@@]3(F)[C@@H](O)C[C@]2(C)[C@@]1(O)C(=O)CO. The van der Waals surface area contributed by atoms with E-state index in [4.69, 9.17) is 0 Å². The minimum absolute atomic E-state index is 0.162. The summed E-state index contributed by atoms with van der Waals surface area (Å²) in [6.07, 6.45) is 6.13. The number of aliphatic hydroxyl groups excluding tert-OH is 2. The molecule has 2 saturated carbocycles. The zero-order valence-corrected chi connectivity index (χ0v) is 16.0. The third-order valence-electron chi connectivity index (χ3n) is 7.95. The first-order valence-corrected chi connectivity index (χ1v) is 9.52. The normalized spacial score (nSPS) is 49.4. The molecule has 4 aliphatic rings. The molecule has 2 fully saturated rings. The standard InChI is InChI=1S/C22H25FO5/c1-12-8-16-15-5-4-13-9-14(25)6-7-19(13,2)21(15,23)17(26)10-20(16,3)22(12,28)18(27)11-24/h4-7,9,15-17,24,26,28H,1,8,10-11H2,2-3H3/t15-,16-,17-,19-,20-,21-,22-/m0/s1. The highest BCUT2D eigenvalue weighted by Crippen LogP contribution is 2.69. The molecule has 5 nitrogen and oxygen atoms in total. The van der Waals surface area contributed by atoms with Crippen LogP contribution in [0.5, 0.6) is 0 Å². The summed E-state index contributed by atoms with van der Waals surface area (Å²) in [5, 5.41) is 31.7. The zero-order chi connectivity index (χ0) is 20.7. The van der Waals surface area contributed by atoms with Crippen LogP contribution in [0.2, 0.25) is 0 Å². The Morgan fingerprint density at radius 2 is 2.04 bits per heavy atom. The van der Waals surface area contributed by atoms with Crippen molar-refractivity contribution in [3.63, 3.8) is 0 Å². The van der Waals surface area contributed by atoms with Crippen molar-refractivity contribution in [1.82, 2.24) is 0 Å². The molecule has 4 aliphatic carbocycles. The molecule has 0 aliphatic heterocycles. The predicted molar refractivity (Wildman–Crippen MR) is 99.8 cm³/mol. The van der Waals surface area contributed by atoms with E-state index in [1.54, 1.807) is 26.0 Å². The van der Waals surface area contributed by atoms with Gasteiger partial charge in [-0.1, -0.05) is 31.7 Å². The Hall–Kier alpha value is -1.89. The topological polar surface area (TPSA) is 94.8 Å². The van der Waals surface area contributed by atoms with Gasteiger partial charge in [-0.3, -0.25) is 9.59 Å². The Balaban J connectivity index is 1.90. The molecule has 0 spiro atoms. The number of hydrogen-bond donors (Lipinski definition) is 3. The van der Waals surface area contributed by atoms with E-state index in [1.807, 2.05) is 0 Å². The van der Waals surface area contributed by atoms with Crippen molar-refractivity contribution in [2.75, 3.05) is 6.61 Å². The summed E-state index contributed by atoms with van der Waals surface area (Å²) in [4.78, 5) is 24.3. The van der Waals surface area contributed by atoms with Crippen LogP contribution < -0.4 is 0 Å². The summed E-state index contributed by atoms with van der Waals surface area (Å²) in [6.45, 7) is 6.33. The van der Waals surface area contributed by atoms with Crippen molar-refractivity contribution >= 4 is 11.6 Å². The van der Waals surface area contributed by atoms with Crippen LogP contribution in [0.15, 0.2) is 48.1 Å². The van der Waals surface area contributed by atoms with Gasteiger partial charge in [0.25, 0.3) is 0 Å². The van der Waals surface area contributed by atoms with Crippen molar-refractivity contribution in [3.8, 4) is 0 Å². The van der Waals surface area contributed by atoms with Crippen LogP contribution in [0, 0.1) is 22.7 Å². The molecule has 7 atom stereocenters. The quantitative estimate of drug-likeness (QED) is 0.625. The summed E-state index contributed by atoms with van der Waals surface area (Å²) in [6, 6.07) is 0. The Labute approximate surface area is 162 Å². The average Bonchev–Trinajstić information content (AvgIpc) is 2.84. The highest BCUT2D eigenvalue weighted by atomic mass is 19.1. The number of carbonyl (C=O) groups is 2. The predicted octanol–water partition coefficient (Wildman–Crippen LogP) is 1.59. The van der Waals surface area contributed by atoms with E-state index >= 15 is 4.39 Å². The van der Waals surface area contributed by atoms with Crippen molar-refractivity contribution < 1.29 is 29.3 Å². The lowest BCUT2D eigenvalue weighted by molar-refractivity contribution is -0.199. The lowest BCUT2D eigenvalue weighted by Gasteiger charge is -2.60. The van der Waals surface area contributed by atoms with Crippen molar-refractivity contribution in [2.45, 2.75) is 44.1 Å². The number of allylic oxidation sites excluding steroid dienone is 6. The molecule has 0 heterocycles. The second-order valence-electron chi connectivity index (χ2n) is 9.03. The van der Waals surface area contributed by atoms with E-state index in [2.05, 4.69) is 6.58 Å². The fourth-order valence-corrected chi connectivity index (χ4v) is 6.27. The van der Waals surface area contributed by atoms with E-state index < -0.39 is 52.4 Å². The molecular weight excluding hydrogens is 363 g/mol. The number of rotatable bonds is 2. The van der Waals surface area contributed by atoms with Gasteiger partial charge >= 0.3 is 0 Å². The first-order chi connectivity index (χ1) is 13.0. The lowest BCUT2D eigenvalue weighted by Crippen LogP contribution is -2.68. The van der Waals surface area contributed by atoms with Gasteiger partial charge in [0.15, 0.2) is 22.8 Å². The number of carbonyl (C=O) groups excluding carboxylic acids is 2. The van der Waals surface area contributed by atoms with Crippen LogP contribution in [0.1, 0.15) is 26.7 Å². The first kappa shape index (κ1) is 19.4. The smallest absolute Gasteiger partial charge is 0.194 e. The van der Waals surface area contributed by atoms with E-state index in [0.29, 0.717) is 5.57 Å². The van der Waals surface area contributed by atoms with Crippen molar-refractivity contribution in [1.29, 1.82) is 0 Å². The molecule has 0 radical (unpaired) electrons. The number of hydrogen-bond acceptors (Lipinski definition) is 5. The number of halogens is 1. The fourth-order valence-electron chi connectivity index (χ4n) is 6.27. The molecule has 0 aromatic rings. The van der Waals surface area contributed by atoms with E-state index in [-0.39, 0.29) is 24.2 Å². The van der Waals surface area contributed by atoms with Crippen LogP contribution >= 0.6 is 0 Å². The third-order valence-corrected chi connectivity index (χ3v) is 7.95. The maximum atomic E-state index is 16.8. The molecule has 28 heavy (non-hydrogen) atoms. The minimum Gasteiger partial charge on any atom is -0.390 e. The minimum atomic E-state index is -2.11. The van der Waals surface area contributed by atoms with Gasteiger partial charge in [0, 0.05) is 16.7 Å². The Bertz CT molecular complexity index is 887. The van der Waals surface area contributed by atoms with Gasteiger partial charge in [-0.2, -0.15) is 0 Å². The molecule has 0 aromatic carbocycles. The number of alkyl halides is 1. The van der Waals surface area contributed by atoms with Crippen LogP contribution in [0.4, 0.5) is 4.39 Å². The van der Waals surface area contributed by atoms with Gasteiger partial charge in [-0.05, 0) is 49.0 Å². The van der Waals surface area contributed by atoms with Gasteiger partial charge in [-0.15, -0.1) is 0 Å². The number of aliphatic hydroxyl groups is 3. The van der Waals surface area contributed by atoms with Gasteiger partial charge in [-0.25, -0.2) is 4.39 Å². The fraction of sp³-hybridized carbons (Fsp3) is 0.545. The molecule has 4 rings (SSSR count). The molecule has 0 saturated heterocycles. The monoisotopic (exact) mass is 388 g/mol. The van der Waals surface area contributed by atoms with Crippen molar-refractivity contribution in [3.05, 3.63) is 48.1 Å². The highest BCUT2D eigenvalue weighted by molar-refractivity contribution is 6.01. The summed E-state index contributed by atoms with van der Waals surface area (Å²) in [7, 11) is 0. The summed E-state index contributed by atoms with van der Waals surface area (Å²) in [5.41, 5.74) is -5.76. The number of ketones is 2. The van der Waals surface area contributed by atoms with Crippen LogP contribution in [-0.4, -0.2) is 50.9 Å². The summed E-state index contributed by atoms with van der Waals surface area (Å²) < 4.78 is 16.8. The molecular formula is C22H25FO5. The second-order valence-corrected chi connectivity index (χ2v) is 9.03. The van der Waals surface area contributed by atoms with E-state index in [9.17, 15) is 24.9 Å². The number of fused-ring (bicyclic) bond motifs is 5. The van der Waals surface area contributed by atoms with Gasteiger partial charge < -0.3 is 15.3 Å². The largest absolute Gasteiger partial charge is 0.390 e. The van der Waals surface area contributed by atoms with Crippen LogP contribution in [0.3, 0.4) is 0 Å². The molecule has 0 aromatic heterocycles. The van der Waals surface area contributed by atoms with Gasteiger partial charge in [0.1, 0.15) is 6.61 Å². The molecule has 0 bridgehead atoms. The lowest BCUT2D eigenvalue weighted by atomic mass is 9.46. The Morgan fingerprint density at radius 1 is 1.36 bits per heavy atom. The molecule has 6 heteroatoms. The third kappa shape index (κ3) is 1.91. The molecule has 3 N–H and O–H groups in total. The average molecular weight is 388 g/mol. The van der Waals surface area contributed by atoms with Crippen molar-refractivity contribution in [2.24, 2.45) is 22.7 Å². The highest BCUT2D eigenvalue weighted by Gasteiger charge is 2.74. The number of Topliss-reactive ketones (excluding diaryl/α,β-unsaturated/α-hetero) is 1. The van der Waals surface area contributed by atoms with Crippen LogP contribution in [0.25, 0.3) is 0 Å². The zero-order valence-electron chi connectivity index (χ0n) is 16.0. The maximum Gasteiger partial charge on any atom is 0.194 e. The van der Waals surface area contributed by atoms with Gasteiger partial charge in [0.05, 0.1) is 6.10 Å². The molecule has 150 valence electrons. The maximum absolute atomic E-state index is 16.8. The molecule has 0 amide bonds. The summed E-state index contributed by atoms with van der Waals surface area (Å²) in [5.74, 6) is -2.30.